The molecule has 0 spiro atoms. The van der Waals surface area contributed by atoms with Crippen LogP contribution in [0.4, 0.5) is 8.78 Å². The zero-order chi connectivity index (χ0) is 18.7. The average Bonchev–Trinajstić information content (AvgIpc) is 3.14. The second kappa shape index (κ2) is 7.63. The summed E-state index contributed by atoms with van der Waals surface area (Å²) in [5.74, 6) is -2.87. The zero-order valence-electron chi connectivity index (χ0n) is 14.2. The molecular formula is C18H18F2N2O4. The van der Waals surface area contributed by atoms with Crippen molar-refractivity contribution in [2.45, 2.75) is 19.8 Å². The molecule has 138 valence electrons. The van der Waals surface area contributed by atoms with E-state index in [1.807, 2.05) is 0 Å². The number of benzene rings is 1. The molecular weight excluding hydrogens is 346 g/mol. The summed E-state index contributed by atoms with van der Waals surface area (Å²) in [4.78, 5) is 26.0. The molecule has 0 bridgehead atoms. The first kappa shape index (κ1) is 18.0. The van der Waals surface area contributed by atoms with E-state index in [9.17, 15) is 18.4 Å². The van der Waals surface area contributed by atoms with Crippen LogP contribution in [0.5, 0.6) is 0 Å². The molecule has 6 nitrogen and oxygen atoms in total. The molecule has 0 aliphatic carbocycles. The molecule has 1 aliphatic heterocycles. The van der Waals surface area contributed by atoms with Crippen molar-refractivity contribution < 1.29 is 27.6 Å². The predicted molar refractivity (Wildman–Crippen MR) is 87.1 cm³/mol. The molecule has 26 heavy (non-hydrogen) atoms. The van der Waals surface area contributed by atoms with Crippen molar-refractivity contribution in [1.29, 1.82) is 0 Å². The lowest BCUT2D eigenvalue weighted by molar-refractivity contribution is -0.149. The number of hydrogen-bond donors (Lipinski definition) is 0. The first-order chi connectivity index (χ1) is 12.5. The Morgan fingerprint density at radius 3 is 2.85 bits per heavy atom. The van der Waals surface area contributed by atoms with Crippen molar-refractivity contribution in [3.63, 3.8) is 0 Å². The molecule has 1 aliphatic rings. The Morgan fingerprint density at radius 2 is 2.12 bits per heavy atom. The second-order valence-electron chi connectivity index (χ2n) is 6.05. The lowest BCUT2D eigenvalue weighted by Crippen LogP contribution is -2.42. The van der Waals surface area contributed by atoms with Crippen LogP contribution in [0.15, 0.2) is 28.8 Å². The Hall–Kier alpha value is -2.77. The monoisotopic (exact) mass is 364 g/mol. The summed E-state index contributed by atoms with van der Waals surface area (Å²) in [5.41, 5.74) is 0.327. The molecule has 0 saturated carbocycles. The van der Waals surface area contributed by atoms with E-state index in [0.29, 0.717) is 26.0 Å². The Balaban J connectivity index is 1.73. The predicted octanol–water partition coefficient (Wildman–Crippen LogP) is 3.04. The van der Waals surface area contributed by atoms with Crippen LogP contribution in [0.2, 0.25) is 0 Å². The molecule has 1 amide bonds. The summed E-state index contributed by atoms with van der Waals surface area (Å²) in [5, 5.41) is 3.73. The number of piperidine rings is 1. The van der Waals surface area contributed by atoms with Gasteiger partial charge < -0.3 is 14.2 Å². The van der Waals surface area contributed by atoms with Crippen LogP contribution in [0.1, 0.15) is 30.3 Å². The van der Waals surface area contributed by atoms with Crippen molar-refractivity contribution in [2.24, 2.45) is 5.92 Å². The third-order valence-electron chi connectivity index (χ3n) is 4.26. The first-order valence-electron chi connectivity index (χ1n) is 8.37. The largest absolute Gasteiger partial charge is 0.466 e. The van der Waals surface area contributed by atoms with Gasteiger partial charge in [-0.25, -0.2) is 8.78 Å². The van der Waals surface area contributed by atoms with E-state index in [0.717, 1.165) is 12.1 Å². The highest BCUT2D eigenvalue weighted by molar-refractivity contribution is 5.93. The number of ether oxygens (including phenoxy) is 1. The smallest absolute Gasteiger partial charge is 0.310 e. The lowest BCUT2D eigenvalue weighted by atomic mass is 9.98. The molecule has 1 fully saturated rings. The fraction of sp³-hybridized carbons (Fsp3) is 0.389. The van der Waals surface area contributed by atoms with Crippen LogP contribution < -0.4 is 0 Å². The minimum absolute atomic E-state index is 0.0502. The number of rotatable bonds is 4. The van der Waals surface area contributed by atoms with E-state index < -0.39 is 11.6 Å². The van der Waals surface area contributed by atoms with Crippen molar-refractivity contribution in [2.75, 3.05) is 19.7 Å². The van der Waals surface area contributed by atoms with Gasteiger partial charge in [0.05, 0.1) is 12.5 Å². The third kappa shape index (κ3) is 3.74. The summed E-state index contributed by atoms with van der Waals surface area (Å²) in [6.07, 6.45) is 1.35. The van der Waals surface area contributed by atoms with E-state index in [1.165, 1.54) is 17.0 Å². The first-order valence-corrected chi connectivity index (χ1v) is 8.37. The van der Waals surface area contributed by atoms with Gasteiger partial charge in [-0.1, -0.05) is 5.16 Å². The SMILES string of the molecule is CCOC(=O)C1CCCN(C(=O)c2cc(-c3ccc(F)c(F)c3)on2)C1. The van der Waals surface area contributed by atoms with E-state index in [1.54, 1.807) is 6.92 Å². The number of hydrogen-bond acceptors (Lipinski definition) is 5. The molecule has 8 heteroatoms. The minimum Gasteiger partial charge on any atom is -0.466 e. The Labute approximate surface area is 148 Å². The molecule has 2 heterocycles. The van der Waals surface area contributed by atoms with Gasteiger partial charge in [0, 0.05) is 24.7 Å². The highest BCUT2D eigenvalue weighted by atomic mass is 19.2. The maximum Gasteiger partial charge on any atom is 0.310 e. The van der Waals surface area contributed by atoms with E-state index in [4.69, 9.17) is 9.26 Å². The fourth-order valence-corrected chi connectivity index (χ4v) is 2.94. The maximum absolute atomic E-state index is 13.3. The van der Waals surface area contributed by atoms with Crippen LogP contribution in [0.25, 0.3) is 11.3 Å². The van der Waals surface area contributed by atoms with Gasteiger partial charge in [-0.15, -0.1) is 0 Å². The van der Waals surface area contributed by atoms with E-state index in [-0.39, 0.29) is 41.4 Å². The highest BCUT2D eigenvalue weighted by Crippen LogP contribution is 2.24. The summed E-state index contributed by atoms with van der Waals surface area (Å²) in [6.45, 7) is 2.79. The van der Waals surface area contributed by atoms with Crippen molar-refractivity contribution in [1.82, 2.24) is 10.1 Å². The summed E-state index contributed by atoms with van der Waals surface area (Å²) < 4.78 is 36.5. The number of amides is 1. The Morgan fingerprint density at radius 1 is 1.31 bits per heavy atom. The summed E-state index contributed by atoms with van der Waals surface area (Å²) >= 11 is 0. The second-order valence-corrected chi connectivity index (χ2v) is 6.05. The number of halogens is 2. The molecule has 1 aromatic carbocycles. The molecule has 1 unspecified atom stereocenters. The van der Waals surface area contributed by atoms with Crippen LogP contribution in [-0.2, 0) is 9.53 Å². The normalized spacial score (nSPS) is 17.2. The quantitative estimate of drug-likeness (QED) is 0.780. The Kier molecular flexibility index (Phi) is 5.29. The van der Waals surface area contributed by atoms with Crippen molar-refractivity contribution >= 4 is 11.9 Å². The van der Waals surface area contributed by atoms with Gasteiger partial charge >= 0.3 is 5.97 Å². The standard InChI is InChI=1S/C18H18F2N2O4/c1-2-25-18(24)12-4-3-7-22(10-12)17(23)15-9-16(26-21-15)11-5-6-13(19)14(20)8-11/h5-6,8-9,12H,2-4,7,10H2,1H3. The Bertz CT molecular complexity index is 821. The molecule has 3 rings (SSSR count). The number of esters is 1. The number of likely N-dealkylation sites (tertiary alicyclic amines) is 1. The average molecular weight is 364 g/mol. The van der Waals surface area contributed by atoms with Gasteiger partial charge in [-0.05, 0) is 38.0 Å². The highest BCUT2D eigenvalue weighted by Gasteiger charge is 2.31. The zero-order valence-corrected chi connectivity index (χ0v) is 14.2. The maximum atomic E-state index is 13.3. The van der Waals surface area contributed by atoms with Gasteiger partial charge in [0.15, 0.2) is 23.1 Å². The molecule has 1 atom stereocenters. The fourth-order valence-electron chi connectivity index (χ4n) is 2.94. The number of carbonyl (C=O) groups excluding carboxylic acids is 2. The number of carbonyl (C=O) groups is 2. The van der Waals surface area contributed by atoms with Gasteiger partial charge in [0.25, 0.3) is 5.91 Å². The summed E-state index contributed by atoms with van der Waals surface area (Å²) in [7, 11) is 0. The van der Waals surface area contributed by atoms with Gasteiger partial charge in [0.1, 0.15) is 0 Å². The topological polar surface area (TPSA) is 72.6 Å². The van der Waals surface area contributed by atoms with Crippen LogP contribution in [0, 0.1) is 17.6 Å². The van der Waals surface area contributed by atoms with Gasteiger partial charge in [-0.2, -0.15) is 0 Å². The molecule has 1 saturated heterocycles. The van der Waals surface area contributed by atoms with Crippen molar-refractivity contribution in [3.8, 4) is 11.3 Å². The van der Waals surface area contributed by atoms with Gasteiger partial charge in [-0.3, -0.25) is 9.59 Å². The van der Waals surface area contributed by atoms with E-state index in [2.05, 4.69) is 5.16 Å². The van der Waals surface area contributed by atoms with Crippen LogP contribution in [-0.4, -0.2) is 41.6 Å². The third-order valence-corrected chi connectivity index (χ3v) is 4.26. The van der Waals surface area contributed by atoms with Gasteiger partial charge in [0.2, 0.25) is 0 Å². The van der Waals surface area contributed by atoms with Crippen LogP contribution >= 0.6 is 0 Å². The minimum atomic E-state index is -1.01. The molecule has 0 radical (unpaired) electrons. The number of aromatic nitrogens is 1. The molecule has 1 aromatic heterocycles. The van der Waals surface area contributed by atoms with Crippen LogP contribution in [0.3, 0.4) is 0 Å². The van der Waals surface area contributed by atoms with E-state index >= 15 is 0 Å². The van der Waals surface area contributed by atoms with Crippen molar-refractivity contribution in [3.05, 3.63) is 41.6 Å². The summed E-state index contributed by atoms with van der Waals surface area (Å²) in [6, 6.07) is 4.67. The number of nitrogens with zero attached hydrogens (tertiary/aromatic N) is 2. The lowest BCUT2D eigenvalue weighted by Gasteiger charge is -2.30. The molecule has 0 N–H and O–H groups in total. The molecule has 2 aromatic rings.